The SMILES string of the molecule is C[C@@H]1CCc2c(cnc3c(C(=O)N[C@H](C)CCc4ccccc4)cnn23)C1. The molecule has 0 unspecified atom stereocenters. The minimum absolute atomic E-state index is 0.0890. The molecule has 0 bridgehead atoms. The van der Waals surface area contributed by atoms with Crippen LogP contribution in [0.25, 0.3) is 5.65 Å². The minimum atomic E-state index is -0.0952. The van der Waals surface area contributed by atoms with Gasteiger partial charge < -0.3 is 5.32 Å². The number of benzene rings is 1. The molecule has 1 aliphatic rings. The fraction of sp³-hybridized carbons (Fsp3) is 0.409. The number of carbonyl (C=O) groups is 1. The van der Waals surface area contributed by atoms with Crippen molar-refractivity contribution in [3.8, 4) is 0 Å². The van der Waals surface area contributed by atoms with Crippen LogP contribution in [0, 0.1) is 5.92 Å². The van der Waals surface area contributed by atoms with Crippen molar-refractivity contribution in [2.24, 2.45) is 5.92 Å². The van der Waals surface area contributed by atoms with Gasteiger partial charge >= 0.3 is 0 Å². The number of hydrogen-bond donors (Lipinski definition) is 1. The molecule has 2 aromatic heterocycles. The van der Waals surface area contributed by atoms with Gasteiger partial charge in [-0.15, -0.1) is 0 Å². The van der Waals surface area contributed by atoms with E-state index in [-0.39, 0.29) is 11.9 Å². The molecule has 1 aromatic carbocycles. The van der Waals surface area contributed by atoms with E-state index in [2.05, 4.69) is 34.5 Å². The van der Waals surface area contributed by atoms with Gasteiger partial charge in [0, 0.05) is 17.9 Å². The standard InChI is InChI=1S/C22H26N4O/c1-15-8-11-20-18(12-15)13-23-21-19(14-24-26(20)21)22(27)25-16(2)9-10-17-6-4-3-5-7-17/h3-7,13-16H,8-12H2,1-2H3,(H,25,27)/t15-,16-/m1/s1. The summed E-state index contributed by atoms with van der Waals surface area (Å²) in [4.78, 5) is 17.3. The molecule has 0 saturated heterocycles. The van der Waals surface area contributed by atoms with Crippen LogP contribution in [0.2, 0.25) is 0 Å². The monoisotopic (exact) mass is 362 g/mol. The summed E-state index contributed by atoms with van der Waals surface area (Å²) in [6, 6.07) is 10.4. The zero-order valence-corrected chi connectivity index (χ0v) is 16.0. The number of fused-ring (bicyclic) bond motifs is 3. The van der Waals surface area contributed by atoms with Gasteiger partial charge in [0.15, 0.2) is 5.65 Å². The summed E-state index contributed by atoms with van der Waals surface area (Å²) < 4.78 is 1.87. The molecular formula is C22H26N4O. The lowest BCUT2D eigenvalue weighted by molar-refractivity contribution is 0.0940. The van der Waals surface area contributed by atoms with Crippen LogP contribution in [0.5, 0.6) is 0 Å². The lowest BCUT2D eigenvalue weighted by Crippen LogP contribution is -2.33. The number of aryl methyl sites for hydroxylation is 2. The molecule has 0 spiro atoms. The van der Waals surface area contributed by atoms with E-state index in [9.17, 15) is 4.79 Å². The molecule has 2 heterocycles. The molecule has 0 saturated carbocycles. The van der Waals surface area contributed by atoms with Crippen molar-refractivity contribution in [3.63, 3.8) is 0 Å². The third-order valence-corrected chi connectivity index (χ3v) is 5.49. The second kappa shape index (κ2) is 7.51. The van der Waals surface area contributed by atoms with Crippen molar-refractivity contribution in [3.05, 3.63) is 65.1 Å². The molecule has 1 amide bonds. The maximum Gasteiger partial charge on any atom is 0.256 e. The van der Waals surface area contributed by atoms with Crippen molar-refractivity contribution < 1.29 is 4.79 Å². The Hall–Kier alpha value is -2.69. The Bertz CT molecular complexity index is 948. The van der Waals surface area contributed by atoms with E-state index in [0.717, 1.165) is 32.1 Å². The number of carbonyl (C=O) groups excluding carboxylic acids is 1. The highest BCUT2D eigenvalue weighted by Gasteiger charge is 2.22. The third-order valence-electron chi connectivity index (χ3n) is 5.49. The molecule has 0 radical (unpaired) electrons. The number of amides is 1. The molecule has 0 aliphatic heterocycles. The molecule has 5 heteroatoms. The molecule has 0 fully saturated rings. The number of nitrogens with one attached hydrogen (secondary N) is 1. The van der Waals surface area contributed by atoms with Gasteiger partial charge in [-0.25, -0.2) is 9.50 Å². The quantitative estimate of drug-likeness (QED) is 0.754. The average Bonchev–Trinajstić information content (AvgIpc) is 3.11. The van der Waals surface area contributed by atoms with Gasteiger partial charge in [0.2, 0.25) is 0 Å². The molecular weight excluding hydrogens is 336 g/mol. The summed E-state index contributed by atoms with van der Waals surface area (Å²) in [5, 5.41) is 7.57. The van der Waals surface area contributed by atoms with Crippen LogP contribution in [-0.2, 0) is 19.3 Å². The second-order valence-electron chi connectivity index (χ2n) is 7.77. The smallest absolute Gasteiger partial charge is 0.256 e. The molecule has 3 aromatic rings. The number of aromatic nitrogens is 3. The predicted molar refractivity (Wildman–Crippen MR) is 106 cm³/mol. The van der Waals surface area contributed by atoms with Gasteiger partial charge in [0.25, 0.3) is 5.91 Å². The zero-order valence-electron chi connectivity index (χ0n) is 16.0. The van der Waals surface area contributed by atoms with E-state index in [1.54, 1.807) is 6.20 Å². The van der Waals surface area contributed by atoms with Gasteiger partial charge in [-0.3, -0.25) is 4.79 Å². The Kier molecular flexibility index (Phi) is 4.92. The lowest BCUT2D eigenvalue weighted by Gasteiger charge is -2.21. The van der Waals surface area contributed by atoms with Gasteiger partial charge in [0.05, 0.1) is 6.20 Å². The molecule has 4 rings (SSSR count). The zero-order chi connectivity index (χ0) is 18.8. The van der Waals surface area contributed by atoms with E-state index in [4.69, 9.17) is 0 Å². The highest BCUT2D eigenvalue weighted by molar-refractivity contribution is 5.99. The summed E-state index contributed by atoms with van der Waals surface area (Å²) in [6.45, 7) is 4.31. The van der Waals surface area contributed by atoms with Gasteiger partial charge in [0.1, 0.15) is 5.56 Å². The molecule has 5 nitrogen and oxygen atoms in total. The summed E-state index contributed by atoms with van der Waals surface area (Å²) in [5.41, 5.74) is 4.97. The molecule has 1 N–H and O–H groups in total. The highest BCUT2D eigenvalue weighted by atomic mass is 16.1. The van der Waals surface area contributed by atoms with Crippen LogP contribution in [-0.4, -0.2) is 26.5 Å². The number of rotatable bonds is 5. The van der Waals surface area contributed by atoms with Crippen LogP contribution < -0.4 is 5.32 Å². The first-order valence-electron chi connectivity index (χ1n) is 9.81. The Morgan fingerprint density at radius 1 is 1.30 bits per heavy atom. The molecule has 27 heavy (non-hydrogen) atoms. The number of hydrogen-bond acceptors (Lipinski definition) is 3. The largest absolute Gasteiger partial charge is 0.349 e. The first-order valence-corrected chi connectivity index (χ1v) is 9.81. The summed E-state index contributed by atoms with van der Waals surface area (Å²) >= 11 is 0. The Labute approximate surface area is 159 Å². The van der Waals surface area contributed by atoms with Crippen LogP contribution in [0.4, 0.5) is 0 Å². The van der Waals surface area contributed by atoms with E-state index in [0.29, 0.717) is 17.1 Å². The summed E-state index contributed by atoms with van der Waals surface area (Å²) in [5.74, 6) is 0.586. The van der Waals surface area contributed by atoms with Crippen LogP contribution in [0.15, 0.2) is 42.7 Å². The molecule has 2 atom stereocenters. The first-order chi connectivity index (χ1) is 13.1. The molecule has 140 valence electrons. The molecule has 1 aliphatic carbocycles. The van der Waals surface area contributed by atoms with Gasteiger partial charge in [-0.1, -0.05) is 37.3 Å². The normalized spacial score (nSPS) is 17.5. The maximum atomic E-state index is 12.8. The minimum Gasteiger partial charge on any atom is -0.349 e. The summed E-state index contributed by atoms with van der Waals surface area (Å²) in [6.07, 6.45) is 8.61. The van der Waals surface area contributed by atoms with Crippen molar-refractivity contribution in [1.82, 2.24) is 19.9 Å². The Balaban J connectivity index is 1.46. The Morgan fingerprint density at radius 3 is 2.93 bits per heavy atom. The predicted octanol–water partition coefficient (Wildman–Crippen LogP) is 3.61. The van der Waals surface area contributed by atoms with Crippen molar-refractivity contribution in [1.29, 1.82) is 0 Å². The number of nitrogens with zero attached hydrogens (tertiary/aromatic N) is 3. The average molecular weight is 362 g/mol. The van der Waals surface area contributed by atoms with Crippen molar-refractivity contribution in [2.75, 3.05) is 0 Å². The topological polar surface area (TPSA) is 59.3 Å². The van der Waals surface area contributed by atoms with Crippen molar-refractivity contribution in [2.45, 2.75) is 52.0 Å². The van der Waals surface area contributed by atoms with Crippen LogP contribution >= 0.6 is 0 Å². The fourth-order valence-corrected chi connectivity index (χ4v) is 3.87. The van der Waals surface area contributed by atoms with E-state index in [1.807, 2.05) is 35.8 Å². The summed E-state index contributed by atoms with van der Waals surface area (Å²) in [7, 11) is 0. The lowest BCUT2D eigenvalue weighted by atomic mass is 9.89. The third kappa shape index (κ3) is 3.72. The van der Waals surface area contributed by atoms with E-state index >= 15 is 0 Å². The van der Waals surface area contributed by atoms with Crippen molar-refractivity contribution >= 4 is 11.6 Å². The van der Waals surface area contributed by atoms with Gasteiger partial charge in [-0.2, -0.15) is 5.10 Å². The second-order valence-corrected chi connectivity index (χ2v) is 7.77. The van der Waals surface area contributed by atoms with E-state index in [1.165, 1.54) is 16.8 Å². The fourth-order valence-electron chi connectivity index (χ4n) is 3.87. The Morgan fingerprint density at radius 2 is 2.11 bits per heavy atom. The maximum absolute atomic E-state index is 12.8. The first kappa shape index (κ1) is 17.7. The van der Waals surface area contributed by atoms with Crippen LogP contribution in [0.3, 0.4) is 0 Å². The highest BCUT2D eigenvalue weighted by Crippen LogP contribution is 2.25. The van der Waals surface area contributed by atoms with Crippen LogP contribution in [0.1, 0.15) is 53.9 Å². The van der Waals surface area contributed by atoms with Gasteiger partial charge in [-0.05, 0) is 56.1 Å². The van der Waals surface area contributed by atoms with E-state index < -0.39 is 0 Å².